The highest BCUT2D eigenvalue weighted by atomic mass is 32.2. The van der Waals surface area contributed by atoms with Gasteiger partial charge in [-0.15, -0.1) is 0 Å². The fourth-order valence-electron chi connectivity index (χ4n) is 2.25. The predicted molar refractivity (Wildman–Crippen MR) is 74.0 cm³/mol. The van der Waals surface area contributed by atoms with Crippen molar-refractivity contribution < 1.29 is 18.3 Å². The molecule has 0 bridgehead atoms. The first-order chi connectivity index (χ1) is 9.61. The molecule has 2 fully saturated rings. The maximum atomic E-state index is 12.5. The van der Waals surface area contributed by atoms with E-state index in [1.54, 1.807) is 24.3 Å². The first-order valence-electron chi connectivity index (χ1n) is 6.94. The fourth-order valence-corrected chi connectivity index (χ4v) is 3.97. The molecule has 0 spiro atoms. The zero-order valence-electron chi connectivity index (χ0n) is 11.2. The fraction of sp³-hybridized carbons (Fsp3) is 0.571. The number of hydrogen-bond acceptors (Lipinski definition) is 4. The van der Waals surface area contributed by atoms with E-state index in [1.807, 2.05) is 0 Å². The molecule has 0 atom stereocenters. The van der Waals surface area contributed by atoms with Gasteiger partial charge in [-0.1, -0.05) is 12.1 Å². The van der Waals surface area contributed by atoms with E-state index in [0.29, 0.717) is 31.4 Å². The predicted octanol–water partition coefficient (Wildman–Crippen LogP) is 1.09. The molecular formula is C14H19NO4S. The van der Waals surface area contributed by atoms with Crippen LogP contribution in [0.3, 0.4) is 0 Å². The molecule has 1 aliphatic carbocycles. The van der Waals surface area contributed by atoms with Gasteiger partial charge >= 0.3 is 0 Å². The van der Waals surface area contributed by atoms with E-state index >= 15 is 0 Å². The molecule has 0 radical (unpaired) electrons. The molecule has 1 saturated carbocycles. The smallest absolute Gasteiger partial charge is 0.246 e. The molecular weight excluding hydrogens is 278 g/mol. The van der Waals surface area contributed by atoms with Crippen LogP contribution in [0.25, 0.3) is 0 Å². The molecule has 1 N–H and O–H groups in total. The third-order valence-corrected chi connectivity index (χ3v) is 5.69. The van der Waals surface area contributed by atoms with Crippen LogP contribution in [0.5, 0.6) is 5.75 Å². The highest BCUT2D eigenvalue weighted by Crippen LogP contribution is 2.33. The molecule has 1 aromatic rings. The minimum Gasteiger partial charge on any atom is -0.492 e. The molecule has 0 aromatic heterocycles. The van der Waals surface area contributed by atoms with Gasteiger partial charge in [-0.25, -0.2) is 8.42 Å². The normalized spacial score (nSPS) is 20.6. The quantitative estimate of drug-likeness (QED) is 0.853. The van der Waals surface area contributed by atoms with Crippen LogP contribution in [0.15, 0.2) is 29.2 Å². The van der Waals surface area contributed by atoms with E-state index < -0.39 is 10.0 Å². The van der Waals surface area contributed by atoms with E-state index in [4.69, 9.17) is 9.84 Å². The highest BCUT2D eigenvalue weighted by Gasteiger charge is 2.37. The molecule has 0 amide bonds. The van der Waals surface area contributed by atoms with Gasteiger partial charge in [0.05, 0.1) is 6.61 Å². The second kappa shape index (κ2) is 5.35. The number of sulfonamides is 1. The standard InChI is InChI=1S/C14H19NO4S/c16-9-12-7-15(8-12)20(17,18)14-4-2-1-3-13(14)19-10-11-5-6-11/h1-4,11-12,16H,5-10H2. The van der Waals surface area contributed by atoms with Crippen molar-refractivity contribution >= 4 is 10.0 Å². The average molecular weight is 297 g/mol. The van der Waals surface area contributed by atoms with Crippen molar-refractivity contribution in [1.82, 2.24) is 4.31 Å². The van der Waals surface area contributed by atoms with Crippen molar-refractivity contribution in [2.45, 2.75) is 17.7 Å². The van der Waals surface area contributed by atoms with Crippen molar-refractivity contribution in [3.05, 3.63) is 24.3 Å². The third kappa shape index (κ3) is 2.68. The summed E-state index contributed by atoms with van der Waals surface area (Å²) in [5.41, 5.74) is 0. The van der Waals surface area contributed by atoms with Crippen LogP contribution in [0, 0.1) is 11.8 Å². The number of aliphatic hydroxyl groups is 1. The van der Waals surface area contributed by atoms with Crippen molar-refractivity contribution in [2.24, 2.45) is 11.8 Å². The van der Waals surface area contributed by atoms with Gasteiger partial charge in [0.2, 0.25) is 10.0 Å². The molecule has 1 heterocycles. The largest absolute Gasteiger partial charge is 0.492 e. The monoisotopic (exact) mass is 297 g/mol. The van der Waals surface area contributed by atoms with Gasteiger partial charge in [0.25, 0.3) is 0 Å². The minimum atomic E-state index is -3.51. The maximum absolute atomic E-state index is 12.5. The summed E-state index contributed by atoms with van der Waals surface area (Å²) in [5, 5.41) is 9.00. The molecule has 1 saturated heterocycles. The first-order valence-corrected chi connectivity index (χ1v) is 8.38. The highest BCUT2D eigenvalue weighted by molar-refractivity contribution is 7.89. The summed E-state index contributed by atoms with van der Waals surface area (Å²) in [4.78, 5) is 0.233. The first kappa shape index (κ1) is 13.9. The summed E-state index contributed by atoms with van der Waals surface area (Å²) in [7, 11) is -3.51. The molecule has 3 rings (SSSR count). The van der Waals surface area contributed by atoms with Crippen LogP contribution in [-0.2, 0) is 10.0 Å². The van der Waals surface area contributed by atoms with E-state index in [1.165, 1.54) is 17.1 Å². The summed E-state index contributed by atoms with van der Waals surface area (Å²) in [6, 6.07) is 6.79. The van der Waals surface area contributed by atoms with E-state index in [2.05, 4.69) is 0 Å². The third-order valence-electron chi connectivity index (χ3n) is 3.82. The topological polar surface area (TPSA) is 66.8 Å². The molecule has 2 aliphatic rings. The lowest BCUT2D eigenvalue weighted by molar-refractivity contribution is 0.117. The van der Waals surface area contributed by atoms with Gasteiger partial charge < -0.3 is 9.84 Å². The molecule has 20 heavy (non-hydrogen) atoms. The number of aliphatic hydroxyl groups excluding tert-OH is 1. The molecule has 0 unspecified atom stereocenters. The maximum Gasteiger partial charge on any atom is 0.246 e. The summed E-state index contributed by atoms with van der Waals surface area (Å²) >= 11 is 0. The molecule has 1 aromatic carbocycles. The van der Waals surface area contributed by atoms with Crippen molar-refractivity contribution in [3.8, 4) is 5.75 Å². The summed E-state index contributed by atoms with van der Waals surface area (Å²) < 4.78 is 32.1. The Morgan fingerprint density at radius 2 is 1.90 bits per heavy atom. The Balaban J connectivity index is 1.77. The van der Waals surface area contributed by atoms with Gasteiger partial charge in [-0.3, -0.25) is 0 Å². The Hall–Kier alpha value is -1.11. The van der Waals surface area contributed by atoms with E-state index in [0.717, 1.165) is 0 Å². The van der Waals surface area contributed by atoms with Gasteiger partial charge in [0.1, 0.15) is 10.6 Å². The summed E-state index contributed by atoms with van der Waals surface area (Å²) in [6.07, 6.45) is 2.33. The molecule has 5 nitrogen and oxygen atoms in total. The van der Waals surface area contributed by atoms with Crippen molar-refractivity contribution in [3.63, 3.8) is 0 Å². The van der Waals surface area contributed by atoms with Crippen LogP contribution < -0.4 is 4.74 Å². The van der Waals surface area contributed by atoms with Crippen LogP contribution in [0.2, 0.25) is 0 Å². The van der Waals surface area contributed by atoms with Gasteiger partial charge in [0.15, 0.2) is 0 Å². The van der Waals surface area contributed by atoms with E-state index in [-0.39, 0.29) is 17.4 Å². The van der Waals surface area contributed by atoms with Gasteiger partial charge in [0, 0.05) is 25.6 Å². The number of para-hydroxylation sites is 1. The lowest BCUT2D eigenvalue weighted by Crippen LogP contribution is -2.51. The number of hydrogen-bond donors (Lipinski definition) is 1. The summed E-state index contributed by atoms with van der Waals surface area (Å²) in [5.74, 6) is 1.07. The zero-order valence-corrected chi connectivity index (χ0v) is 12.1. The Kier molecular flexibility index (Phi) is 3.70. The number of nitrogens with zero attached hydrogens (tertiary/aromatic N) is 1. The van der Waals surface area contributed by atoms with Crippen molar-refractivity contribution in [2.75, 3.05) is 26.3 Å². The Morgan fingerprint density at radius 1 is 1.20 bits per heavy atom. The van der Waals surface area contributed by atoms with Crippen molar-refractivity contribution in [1.29, 1.82) is 0 Å². The molecule has 110 valence electrons. The SMILES string of the molecule is O=S(=O)(c1ccccc1OCC1CC1)N1CC(CO)C1. The van der Waals surface area contributed by atoms with Crippen LogP contribution in [0.4, 0.5) is 0 Å². The second-order valence-corrected chi connectivity index (χ2v) is 7.48. The Labute approximate surface area is 119 Å². The van der Waals surface area contributed by atoms with Crippen LogP contribution in [0.1, 0.15) is 12.8 Å². The van der Waals surface area contributed by atoms with Gasteiger partial charge in [-0.05, 0) is 30.9 Å². The second-order valence-electron chi connectivity index (χ2n) is 5.57. The van der Waals surface area contributed by atoms with Gasteiger partial charge in [-0.2, -0.15) is 4.31 Å². The number of benzene rings is 1. The summed E-state index contributed by atoms with van der Waals surface area (Å²) in [6.45, 7) is 1.39. The minimum absolute atomic E-state index is 0.0336. The lowest BCUT2D eigenvalue weighted by Gasteiger charge is -2.37. The number of rotatable bonds is 6. The van der Waals surface area contributed by atoms with E-state index in [9.17, 15) is 8.42 Å². The molecule has 1 aliphatic heterocycles. The van der Waals surface area contributed by atoms with Crippen LogP contribution >= 0.6 is 0 Å². The Bertz CT molecular complexity index is 577. The van der Waals surface area contributed by atoms with Crippen LogP contribution in [-0.4, -0.2) is 44.1 Å². The average Bonchev–Trinajstić information content (AvgIpc) is 3.19. The zero-order chi connectivity index (χ0) is 14.2. The number of ether oxygens (including phenoxy) is 1. The molecule has 6 heteroatoms. The lowest BCUT2D eigenvalue weighted by atomic mass is 10.1. The Morgan fingerprint density at radius 3 is 2.55 bits per heavy atom.